The first-order chi connectivity index (χ1) is 4.35. The Morgan fingerprint density at radius 3 is 2.78 bits per heavy atom. The van der Waals surface area contributed by atoms with Crippen molar-refractivity contribution in [3.63, 3.8) is 0 Å². The summed E-state index contributed by atoms with van der Waals surface area (Å²) in [7, 11) is 1.67. The molecule has 0 radical (unpaired) electrons. The van der Waals surface area contributed by atoms with E-state index in [-0.39, 0.29) is 0 Å². The van der Waals surface area contributed by atoms with Gasteiger partial charge in [0.1, 0.15) is 0 Å². The van der Waals surface area contributed by atoms with Gasteiger partial charge in [-0.2, -0.15) is 5.10 Å². The molecular weight excluding hydrogens is 116 g/mol. The second-order valence-electron chi connectivity index (χ2n) is 1.85. The minimum atomic E-state index is 0.312. The second-order valence-corrected chi connectivity index (χ2v) is 1.85. The number of methoxy groups -OCH3 is 1. The van der Waals surface area contributed by atoms with E-state index in [0.717, 1.165) is 6.42 Å². The SMILES string of the molecule is C=NNC(CC)COC. The first-order valence-corrected chi connectivity index (χ1v) is 3.05. The highest BCUT2D eigenvalue weighted by atomic mass is 16.5. The average molecular weight is 130 g/mol. The smallest absolute Gasteiger partial charge is 0.0680 e. The van der Waals surface area contributed by atoms with Gasteiger partial charge >= 0.3 is 0 Å². The van der Waals surface area contributed by atoms with Gasteiger partial charge in [-0.25, -0.2) is 0 Å². The molecule has 0 aliphatic rings. The molecule has 0 aliphatic carbocycles. The number of nitrogens with zero attached hydrogens (tertiary/aromatic N) is 1. The van der Waals surface area contributed by atoms with E-state index in [0.29, 0.717) is 12.6 Å². The van der Waals surface area contributed by atoms with Crippen molar-refractivity contribution in [2.45, 2.75) is 19.4 Å². The summed E-state index contributed by atoms with van der Waals surface area (Å²) in [5.41, 5.74) is 2.82. The fourth-order valence-electron chi connectivity index (χ4n) is 0.577. The molecule has 9 heavy (non-hydrogen) atoms. The molecule has 1 unspecified atom stereocenters. The molecule has 0 saturated carbocycles. The number of hydrazone groups is 1. The Kier molecular flexibility index (Phi) is 5.21. The molecule has 0 aliphatic heterocycles. The van der Waals surface area contributed by atoms with Crippen LogP contribution >= 0.6 is 0 Å². The summed E-state index contributed by atoms with van der Waals surface area (Å²) >= 11 is 0. The van der Waals surface area contributed by atoms with Gasteiger partial charge in [0.25, 0.3) is 0 Å². The summed E-state index contributed by atoms with van der Waals surface area (Å²) in [6, 6.07) is 0.312. The number of rotatable bonds is 5. The highest BCUT2D eigenvalue weighted by Crippen LogP contribution is 1.89. The maximum atomic E-state index is 4.90. The van der Waals surface area contributed by atoms with Crippen molar-refractivity contribution in [3.05, 3.63) is 0 Å². The van der Waals surface area contributed by atoms with Crippen molar-refractivity contribution in [3.8, 4) is 0 Å². The minimum absolute atomic E-state index is 0.312. The maximum absolute atomic E-state index is 4.90. The molecule has 0 amide bonds. The molecular formula is C6H14N2O. The molecule has 1 atom stereocenters. The van der Waals surface area contributed by atoms with E-state index in [1.54, 1.807) is 7.11 Å². The van der Waals surface area contributed by atoms with Crippen LogP contribution in [0.25, 0.3) is 0 Å². The lowest BCUT2D eigenvalue weighted by atomic mass is 10.2. The third-order valence-electron chi connectivity index (χ3n) is 1.13. The van der Waals surface area contributed by atoms with Crippen LogP contribution in [0.2, 0.25) is 0 Å². The number of nitrogens with one attached hydrogen (secondary N) is 1. The zero-order valence-electron chi connectivity index (χ0n) is 6.05. The van der Waals surface area contributed by atoms with Gasteiger partial charge in [0.15, 0.2) is 0 Å². The first kappa shape index (κ1) is 8.43. The van der Waals surface area contributed by atoms with Crippen molar-refractivity contribution in [1.82, 2.24) is 5.43 Å². The van der Waals surface area contributed by atoms with Gasteiger partial charge in [-0.3, -0.25) is 0 Å². The number of hydrogen-bond acceptors (Lipinski definition) is 3. The van der Waals surface area contributed by atoms with Crippen molar-refractivity contribution < 1.29 is 4.74 Å². The Balaban J connectivity index is 3.28. The lowest BCUT2D eigenvalue weighted by Crippen LogP contribution is -2.27. The lowest BCUT2D eigenvalue weighted by Gasteiger charge is -2.11. The molecule has 0 rings (SSSR count). The summed E-state index contributed by atoms with van der Waals surface area (Å²) < 4.78 is 4.90. The van der Waals surface area contributed by atoms with Crippen LogP contribution in [0, 0.1) is 0 Å². The average Bonchev–Trinajstić information content (AvgIpc) is 1.88. The minimum Gasteiger partial charge on any atom is -0.382 e. The Hall–Kier alpha value is -0.570. The Morgan fingerprint density at radius 2 is 2.44 bits per heavy atom. The van der Waals surface area contributed by atoms with E-state index < -0.39 is 0 Å². The molecule has 3 nitrogen and oxygen atoms in total. The summed E-state index contributed by atoms with van der Waals surface area (Å²) in [5.74, 6) is 0. The molecule has 0 bridgehead atoms. The fraction of sp³-hybridized carbons (Fsp3) is 0.833. The quantitative estimate of drug-likeness (QED) is 0.437. The Bertz CT molecular complexity index is 75.5. The van der Waals surface area contributed by atoms with Crippen LogP contribution in [0.3, 0.4) is 0 Å². The van der Waals surface area contributed by atoms with Gasteiger partial charge < -0.3 is 10.2 Å². The summed E-state index contributed by atoms with van der Waals surface area (Å²) in [6.07, 6.45) is 1.01. The van der Waals surface area contributed by atoms with Crippen molar-refractivity contribution in [1.29, 1.82) is 0 Å². The third kappa shape index (κ3) is 3.97. The first-order valence-electron chi connectivity index (χ1n) is 3.05. The van der Waals surface area contributed by atoms with E-state index in [1.165, 1.54) is 0 Å². The van der Waals surface area contributed by atoms with Gasteiger partial charge in [-0.05, 0) is 6.42 Å². The zero-order chi connectivity index (χ0) is 7.11. The Labute approximate surface area is 56.1 Å². The third-order valence-corrected chi connectivity index (χ3v) is 1.13. The summed E-state index contributed by atoms with van der Waals surface area (Å²) in [5, 5.41) is 3.55. The molecule has 0 spiro atoms. The van der Waals surface area contributed by atoms with Gasteiger partial charge in [0, 0.05) is 13.8 Å². The summed E-state index contributed by atoms with van der Waals surface area (Å²) in [4.78, 5) is 0. The largest absolute Gasteiger partial charge is 0.382 e. The molecule has 1 N–H and O–H groups in total. The van der Waals surface area contributed by atoms with E-state index >= 15 is 0 Å². The Morgan fingerprint density at radius 1 is 1.78 bits per heavy atom. The molecule has 0 aromatic rings. The van der Waals surface area contributed by atoms with Crippen molar-refractivity contribution >= 4 is 6.72 Å². The highest BCUT2D eigenvalue weighted by molar-refractivity contribution is 5.22. The van der Waals surface area contributed by atoms with Crippen LogP contribution in [0.5, 0.6) is 0 Å². The lowest BCUT2D eigenvalue weighted by molar-refractivity contribution is 0.165. The number of hydrogen-bond donors (Lipinski definition) is 1. The van der Waals surface area contributed by atoms with Crippen LogP contribution in [0.4, 0.5) is 0 Å². The normalized spacial score (nSPS) is 12.7. The van der Waals surface area contributed by atoms with Gasteiger partial charge in [-0.15, -0.1) is 0 Å². The molecule has 0 aromatic heterocycles. The van der Waals surface area contributed by atoms with Crippen LogP contribution in [-0.2, 0) is 4.74 Å². The van der Waals surface area contributed by atoms with Crippen LogP contribution in [0.15, 0.2) is 5.10 Å². The maximum Gasteiger partial charge on any atom is 0.0680 e. The number of ether oxygens (including phenoxy) is 1. The van der Waals surface area contributed by atoms with Crippen LogP contribution in [0.1, 0.15) is 13.3 Å². The predicted octanol–water partition coefficient (Wildman–Crippen LogP) is 0.617. The molecule has 3 heteroatoms. The highest BCUT2D eigenvalue weighted by Gasteiger charge is 2.00. The van der Waals surface area contributed by atoms with Crippen LogP contribution in [-0.4, -0.2) is 26.5 Å². The van der Waals surface area contributed by atoms with Crippen LogP contribution < -0.4 is 5.43 Å². The molecule has 0 fully saturated rings. The topological polar surface area (TPSA) is 33.6 Å². The van der Waals surface area contributed by atoms with Gasteiger partial charge in [0.05, 0.1) is 12.6 Å². The summed E-state index contributed by atoms with van der Waals surface area (Å²) in [6.45, 7) is 6.08. The van der Waals surface area contributed by atoms with E-state index in [9.17, 15) is 0 Å². The van der Waals surface area contributed by atoms with Gasteiger partial charge in [-0.1, -0.05) is 6.92 Å². The molecule has 54 valence electrons. The second kappa shape index (κ2) is 5.56. The standard InChI is InChI=1S/C6H14N2O/c1-4-6(5-9-3)8-7-2/h6,8H,2,4-5H2,1,3H3. The predicted molar refractivity (Wildman–Crippen MR) is 38.6 cm³/mol. The van der Waals surface area contributed by atoms with E-state index in [2.05, 4.69) is 24.2 Å². The fourth-order valence-corrected chi connectivity index (χ4v) is 0.577. The molecule has 0 saturated heterocycles. The molecule has 0 heterocycles. The van der Waals surface area contributed by atoms with Gasteiger partial charge in [0.2, 0.25) is 0 Å². The zero-order valence-corrected chi connectivity index (χ0v) is 6.05. The van der Waals surface area contributed by atoms with E-state index in [4.69, 9.17) is 4.74 Å². The van der Waals surface area contributed by atoms with Crippen molar-refractivity contribution in [2.75, 3.05) is 13.7 Å². The van der Waals surface area contributed by atoms with E-state index in [1.807, 2.05) is 0 Å². The monoisotopic (exact) mass is 130 g/mol. The molecule has 0 aromatic carbocycles. The van der Waals surface area contributed by atoms with Crippen molar-refractivity contribution in [2.24, 2.45) is 5.10 Å².